The van der Waals surface area contributed by atoms with Crippen LogP contribution < -0.4 is 20.5 Å². The fourth-order valence-corrected chi connectivity index (χ4v) is 2.78. The molecule has 7 nitrogen and oxygen atoms in total. The minimum absolute atomic E-state index is 0.168. The average molecular weight is 392 g/mol. The number of rotatable bonds is 7. The monoisotopic (exact) mass is 392 g/mol. The molecule has 2 aromatic carbocycles. The van der Waals surface area contributed by atoms with Crippen molar-refractivity contribution < 1.29 is 9.53 Å². The summed E-state index contributed by atoms with van der Waals surface area (Å²) in [6.07, 6.45) is 0. The maximum Gasteiger partial charge on any atom is 0.267 e. The molecule has 0 aliphatic rings. The van der Waals surface area contributed by atoms with E-state index in [1.807, 2.05) is 74.4 Å². The molecule has 1 aromatic heterocycles. The van der Waals surface area contributed by atoms with E-state index < -0.39 is 0 Å². The number of nitrogens with zero attached hydrogens (tertiary/aromatic N) is 3. The molecule has 0 saturated heterocycles. The van der Waals surface area contributed by atoms with Gasteiger partial charge in [0.05, 0.1) is 12.3 Å². The third-order valence-corrected chi connectivity index (χ3v) is 4.29. The van der Waals surface area contributed by atoms with Crippen LogP contribution in [0.25, 0.3) is 11.3 Å². The van der Waals surface area contributed by atoms with Crippen LogP contribution in [0.1, 0.15) is 6.92 Å². The van der Waals surface area contributed by atoms with Crippen molar-refractivity contribution in [1.29, 1.82) is 0 Å². The zero-order chi connectivity index (χ0) is 20.8. The number of carbonyl (C=O) groups excluding carboxylic acids is 1. The molecular weight excluding hydrogens is 368 g/mol. The number of hydrogen-bond acceptors (Lipinski definition) is 5. The molecule has 0 radical (unpaired) electrons. The number of hydrogen-bond donors (Lipinski definition) is 1. The minimum Gasteiger partial charge on any atom is -0.494 e. The number of carbonyl (C=O) groups is 1. The Bertz CT molecular complexity index is 1030. The van der Waals surface area contributed by atoms with Crippen molar-refractivity contribution in [2.45, 2.75) is 13.5 Å². The number of nitrogens with one attached hydrogen (secondary N) is 1. The molecule has 0 aliphatic carbocycles. The molecule has 29 heavy (non-hydrogen) atoms. The Kier molecular flexibility index (Phi) is 6.29. The van der Waals surface area contributed by atoms with Crippen LogP contribution >= 0.6 is 0 Å². The number of benzene rings is 2. The maximum atomic E-state index is 12.4. The summed E-state index contributed by atoms with van der Waals surface area (Å²) in [4.78, 5) is 26.5. The van der Waals surface area contributed by atoms with Crippen LogP contribution in [0.5, 0.6) is 5.75 Å². The van der Waals surface area contributed by atoms with Gasteiger partial charge in [-0.25, -0.2) is 4.68 Å². The molecule has 0 saturated carbocycles. The van der Waals surface area contributed by atoms with Crippen molar-refractivity contribution in [2.75, 3.05) is 30.9 Å². The summed E-state index contributed by atoms with van der Waals surface area (Å²) >= 11 is 0. The van der Waals surface area contributed by atoms with Crippen molar-refractivity contribution in [3.8, 4) is 17.0 Å². The summed E-state index contributed by atoms with van der Waals surface area (Å²) in [5.41, 5.74) is 2.80. The van der Waals surface area contributed by atoms with Gasteiger partial charge in [0, 0.05) is 37.1 Å². The second-order valence-electron chi connectivity index (χ2n) is 6.66. The molecule has 0 aliphatic heterocycles. The standard InChI is InChI=1S/C22H24N4O3/c1-4-29-19-11-5-16(6-12-19)20-13-14-22(28)26(24-20)15-21(27)23-17-7-9-18(10-8-17)25(2)3/h5-14H,4,15H2,1-3H3,(H,23,27). The lowest BCUT2D eigenvalue weighted by atomic mass is 10.1. The van der Waals surface area contributed by atoms with Crippen molar-refractivity contribution in [3.63, 3.8) is 0 Å². The summed E-state index contributed by atoms with van der Waals surface area (Å²) < 4.78 is 6.60. The average Bonchev–Trinajstić information content (AvgIpc) is 2.71. The second kappa shape index (κ2) is 9.05. The van der Waals surface area contributed by atoms with E-state index in [0.29, 0.717) is 18.0 Å². The smallest absolute Gasteiger partial charge is 0.267 e. The molecule has 0 fully saturated rings. The van der Waals surface area contributed by atoms with Gasteiger partial charge in [0.25, 0.3) is 5.56 Å². The first-order valence-electron chi connectivity index (χ1n) is 9.35. The van der Waals surface area contributed by atoms with Gasteiger partial charge in [-0.1, -0.05) is 0 Å². The third kappa shape index (κ3) is 5.22. The quantitative estimate of drug-likeness (QED) is 0.669. The molecule has 0 spiro atoms. The van der Waals surface area contributed by atoms with Gasteiger partial charge in [-0.3, -0.25) is 9.59 Å². The summed E-state index contributed by atoms with van der Waals surface area (Å²) in [7, 11) is 3.89. The highest BCUT2D eigenvalue weighted by molar-refractivity contribution is 5.90. The summed E-state index contributed by atoms with van der Waals surface area (Å²) in [5, 5.41) is 7.12. The van der Waals surface area contributed by atoms with Crippen LogP contribution in [0, 0.1) is 0 Å². The van der Waals surface area contributed by atoms with E-state index in [1.54, 1.807) is 6.07 Å². The van der Waals surface area contributed by atoms with E-state index in [4.69, 9.17) is 4.74 Å². The Hall–Kier alpha value is -3.61. The van der Waals surface area contributed by atoms with E-state index in [9.17, 15) is 9.59 Å². The van der Waals surface area contributed by atoms with Gasteiger partial charge >= 0.3 is 0 Å². The highest BCUT2D eigenvalue weighted by Crippen LogP contribution is 2.20. The van der Waals surface area contributed by atoms with Crippen LogP contribution in [0.2, 0.25) is 0 Å². The molecule has 0 bridgehead atoms. The molecule has 0 unspecified atom stereocenters. The first-order chi connectivity index (χ1) is 14.0. The SMILES string of the molecule is CCOc1ccc(-c2ccc(=O)n(CC(=O)Nc3ccc(N(C)C)cc3)n2)cc1. The van der Waals surface area contributed by atoms with E-state index >= 15 is 0 Å². The fraction of sp³-hybridized carbons (Fsp3) is 0.227. The zero-order valence-electron chi connectivity index (χ0n) is 16.8. The van der Waals surface area contributed by atoms with E-state index in [0.717, 1.165) is 21.7 Å². The topological polar surface area (TPSA) is 76.5 Å². The molecule has 7 heteroatoms. The Morgan fingerprint density at radius 3 is 2.34 bits per heavy atom. The molecule has 150 valence electrons. The van der Waals surface area contributed by atoms with Gasteiger partial charge in [-0.15, -0.1) is 0 Å². The first-order valence-corrected chi connectivity index (χ1v) is 9.35. The molecule has 3 rings (SSSR count). The number of aromatic nitrogens is 2. The van der Waals surface area contributed by atoms with Crippen LogP contribution in [0.3, 0.4) is 0 Å². The Labute approximate surface area is 169 Å². The van der Waals surface area contributed by atoms with Gasteiger partial charge in [0.15, 0.2) is 0 Å². The highest BCUT2D eigenvalue weighted by atomic mass is 16.5. The lowest BCUT2D eigenvalue weighted by Gasteiger charge is -2.13. The van der Waals surface area contributed by atoms with Crippen molar-refractivity contribution in [2.24, 2.45) is 0 Å². The van der Waals surface area contributed by atoms with Crippen LogP contribution in [-0.4, -0.2) is 36.4 Å². The van der Waals surface area contributed by atoms with E-state index in [2.05, 4.69) is 10.4 Å². The Morgan fingerprint density at radius 2 is 1.72 bits per heavy atom. The number of ether oxygens (including phenoxy) is 1. The van der Waals surface area contributed by atoms with Crippen LogP contribution in [0.4, 0.5) is 11.4 Å². The lowest BCUT2D eigenvalue weighted by molar-refractivity contribution is -0.117. The molecule has 1 amide bonds. The van der Waals surface area contributed by atoms with Gasteiger partial charge in [0.1, 0.15) is 12.3 Å². The molecule has 1 N–H and O–H groups in total. The third-order valence-electron chi connectivity index (χ3n) is 4.29. The van der Waals surface area contributed by atoms with Gasteiger partial charge < -0.3 is 15.0 Å². The number of anilines is 2. The highest BCUT2D eigenvalue weighted by Gasteiger charge is 2.09. The van der Waals surface area contributed by atoms with Gasteiger partial charge in [-0.05, 0) is 61.5 Å². The van der Waals surface area contributed by atoms with Gasteiger partial charge in [0.2, 0.25) is 5.91 Å². The predicted octanol–water partition coefficient (Wildman–Crippen LogP) is 3.01. The molecular formula is C22H24N4O3. The second-order valence-corrected chi connectivity index (χ2v) is 6.66. The van der Waals surface area contributed by atoms with Crippen molar-refractivity contribution >= 4 is 17.3 Å². The summed E-state index contributed by atoms with van der Waals surface area (Å²) in [5.74, 6) is 0.449. The normalized spacial score (nSPS) is 10.4. The van der Waals surface area contributed by atoms with Crippen molar-refractivity contribution in [3.05, 3.63) is 71.0 Å². The summed E-state index contributed by atoms with van der Waals surface area (Å²) in [6.45, 7) is 2.35. The van der Waals surface area contributed by atoms with Crippen LogP contribution in [-0.2, 0) is 11.3 Å². The van der Waals surface area contributed by atoms with Gasteiger partial charge in [-0.2, -0.15) is 5.10 Å². The fourth-order valence-electron chi connectivity index (χ4n) is 2.78. The maximum absolute atomic E-state index is 12.4. The van der Waals surface area contributed by atoms with Crippen LogP contribution in [0.15, 0.2) is 65.5 Å². The largest absolute Gasteiger partial charge is 0.494 e. The number of amides is 1. The Balaban J connectivity index is 1.72. The molecule has 1 heterocycles. The minimum atomic E-state index is -0.335. The zero-order valence-corrected chi connectivity index (χ0v) is 16.8. The molecule has 3 aromatic rings. The Morgan fingerprint density at radius 1 is 1.03 bits per heavy atom. The van der Waals surface area contributed by atoms with E-state index in [1.165, 1.54) is 6.07 Å². The predicted molar refractivity (Wildman–Crippen MR) is 115 cm³/mol. The first kappa shape index (κ1) is 20.1. The van der Waals surface area contributed by atoms with Crippen molar-refractivity contribution in [1.82, 2.24) is 9.78 Å². The summed E-state index contributed by atoms with van der Waals surface area (Å²) in [6, 6.07) is 18.0. The molecule has 0 atom stereocenters. The van der Waals surface area contributed by atoms with E-state index in [-0.39, 0.29) is 18.0 Å². The lowest BCUT2D eigenvalue weighted by Crippen LogP contribution is -2.29.